The Balaban J connectivity index is 0.00000242. The summed E-state index contributed by atoms with van der Waals surface area (Å²) in [6, 6.07) is 6.58. The van der Waals surface area contributed by atoms with Crippen LogP contribution in [0.15, 0.2) is 24.3 Å². The quantitative estimate of drug-likeness (QED) is 0.734. The van der Waals surface area contributed by atoms with E-state index >= 15 is 0 Å². The lowest BCUT2D eigenvalue weighted by Crippen LogP contribution is -2.35. The van der Waals surface area contributed by atoms with Crippen molar-refractivity contribution in [1.29, 1.82) is 0 Å². The molecule has 0 saturated carbocycles. The van der Waals surface area contributed by atoms with Crippen molar-refractivity contribution >= 4 is 39.7 Å². The molecule has 2 rings (SSSR count). The number of amides is 1. The minimum Gasteiger partial charge on any atom is -0.325 e. The highest BCUT2D eigenvalue weighted by Crippen LogP contribution is 2.17. The summed E-state index contributed by atoms with van der Waals surface area (Å²) >= 11 is 0. The molecule has 0 aromatic heterocycles. The number of carbonyl (C=O) groups is 1. The molecule has 1 heterocycles. The van der Waals surface area contributed by atoms with Gasteiger partial charge in [-0.05, 0) is 44.0 Å². The summed E-state index contributed by atoms with van der Waals surface area (Å²) in [5.74, 6) is -0.00340. The van der Waals surface area contributed by atoms with Crippen LogP contribution in [0.4, 0.5) is 11.4 Å². The lowest BCUT2D eigenvalue weighted by Gasteiger charge is -2.12. The minimum atomic E-state index is -3.32. The maximum atomic E-state index is 12.0. The number of nitrogens with one attached hydrogen (secondary N) is 3. The van der Waals surface area contributed by atoms with Gasteiger partial charge in [-0.25, -0.2) is 8.42 Å². The van der Waals surface area contributed by atoms with E-state index in [1.165, 1.54) is 0 Å². The van der Waals surface area contributed by atoms with Gasteiger partial charge in [0.15, 0.2) is 0 Å². The summed E-state index contributed by atoms with van der Waals surface area (Å²) < 4.78 is 26.0. The first kappa shape index (κ1) is 18.7. The van der Waals surface area contributed by atoms with Crippen molar-refractivity contribution in [2.45, 2.75) is 32.2 Å². The molecular weight excluding hydrogens is 326 g/mol. The van der Waals surface area contributed by atoms with E-state index in [9.17, 15) is 13.2 Å². The van der Waals surface area contributed by atoms with Crippen LogP contribution in [0, 0.1) is 0 Å². The van der Waals surface area contributed by atoms with Crippen molar-refractivity contribution in [3.63, 3.8) is 0 Å². The number of anilines is 2. The van der Waals surface area contributed by atoms with Crippen LogP contribution in [0.25, 0.3) is 0 Å². The molecule has 1 aliphatic heterocycles. The molecular formula is C14H22ClN3O3S. The van der Waals surface area contributed by atoms with Crippen molar-refractivity contribution in [3.05, 3.63) is 24.3 Å². The highest BCUT2D eigenvalue weighted by atomic mass is 35.5. The number of halogens is 1. The monoisotopic (exact) mass is 347 g/mol. The number of carbonyl (C=O) groups excluding carboxylic acids is 1. The van der Waals surface area contributed by atoms with Gasteiger partial charge in [0.2, 0.25) is 15.9 Å². The van der Waals surface area contributed by atoms with Crippen molar-refractivity contribution in [2.75, 3.05) is 22.3 Å². The third-order valence-electron chi connectivity index (χ3n) is 3.25. The zero-order chi connectivity index (χ0) is 15.3. The van der Waals surface area contributed by atoms with Gasteiger partial charge in [-0.1, -0.05) is 13.0 Å². The van der Waals surface area contributed by atoms with Crippen LogP contribution in [0.1, 0.15) is 26.2 Å². The Morgan fingerprint density at radius 2 is 2.09 bits per heavy atom. The van der Waals surface area contributed by atoms with Crippen LogP contribution in [0.3, 0.4) is 0 Å². The Morgan fingerprint density at radius 1 is 1.36 bits per heavy atom. The van der Waals surface area contributed by atoms with Crippen molar-refractivity contribution < 1.29 is 13.2 Å². The fourth-order valence-corrected chi connectivity index (χ4v) is 3.42. The van der Waals surface area contributed by atoms with Crippen LogP contribution in [0.2, 0.25) is 0 Å². The van der Waals surface area contributed by atoms with Gasteiger partial charge < -0.3 is 10.6 Å². The predicted molar refractivity (Wildman–Crippen MR) is 91.0 cm³/mol. The van der Waals surface area contributed by atoms with E-state index < -0.39 is 10.0 Å². The fraction of sp³-hybridized carbons (Fsp3) is 0.500. The topological polar surface area (TPSA) is 87.3 Å². The highest BCUT2D eigenvalue weighted by Gasteiger charge is 2.21. The van der Waals surface area contributed by atoms with Gasteiger partial charge in [0.1, 0.15) is 0 Å². The number of benzene rings is 1. The molecule has 0 radical (unpaired) electrons. The molecule has 0 aliphatic carbocycles. The molecule has 1 saturated heterocycles. The Labute approximate surface area is 137 Å². The molecule has 3 N–H and O–H groups in total. The summed E-state index contributed by atoms with van der Waals surface area (Å²) in [6.45, 7) is 2.67. The second-order valence-electron chi connectivity index (χ2n) is 5.14. The lowest BCUT2D eigenvalue weighted by atomic mass is 10.2. The zero-order valence-electron chi connectivity index (χ0n) is 12.5. The van der Waals surface area contributed by atoms with Gasteiger partial charge in [-0.15, -0.1) is 12.4 Å². The molecule has 1 aromatic rings. The Bertz CT molecular complexity index is 601. The molecule has 1 aliphatic rings. The van der Waals surface area contributed by atoms with Gasteiger partial charge >= 0.3 is 0 Å². The van der Waals surface area contributed by atoms with Crippen LogP contribution in [-0.4, -0.2) is 32.7 Å². The third kappa shape index (κ3) is 5.47. The highest BCUT2D eigenvalue weighted by molar-refractivity contribution is 7.92. The van der Waals surface area contributed by atoms with Crippen LogP contribution in [-0.2, 0) is 14.8 Å². The molecule has 1 fully saturated rings. The summed E-state index contributed by atoms with van der Waals surface area (Å²) in [6.07, 6.45) is 2.38. The second-order valence-corrected chi connectivity index (χ2v) is 6.98. The molecule has 8 heteroatoms. The van der Waals surface area contributed by atoms with E-state index in [0.29, 0.717) is 17.8 Å². The van der Waals surface area contributed by atoms with E-state index in [-0.39, 0.29) is 30.1 Å². The Kier molecular flexibility index (Phi) is 7.12. The van der Waals surface area contributed by atoms with Crippen LogP contribution < -0.4 is 15.4 Å². The first-order chi connectivity index (χ1) is 10.00. The normalized spacial score (nSPS) is 17.6. The zero-order valence-corrected chi connectivity index (χ0v) is 14.1. The van der Waals surface area contributed by atoms with Gasteiger partial charge in [0.05, 0.1) is 17.5 Å². The molecule has 0 spiro atoms. The average molecular weight is 348 g/mol. The summed E-state index contributed by atoms with van der Waals surface area (Å²) in [5.41, 5.74) is 1.05. The molecule has 1 amide bonds. The molecule has 6 nitrogen and oxygen atoms in total. The Morgan fingerprint density at radius 3 is 2.73 bits per heavy atom. The second kappa shape index (κ2) is 8.36. The molecule has 124 valence electrons. The van der Waals surface area contributed by atoms with E-state index in [0.717, 1.165) is 19.4 Å². The molecule has 22 heavy (non-hydrogen) atoms. The molecule has 1 aromatic carbocycles. The standard InChI is InChI=1S/C14H21N3O3S.ClH/c1-2-9-21(19,20)17-12-6-3-5-11(10-12)16-14(18)13-7-4-8-15-13;/h3,5-6,10,13,15,17H,2,4,7-9H2,1H3,(H,16,18);1H. The first-order valence-electron chi connectivity index (χ1n) is 7.15. The SMILES string of the molecule is CCCS(=O)(=O)Nc1cccc(NC(=O)C2CCCN2)c1.Cl. The number of hydrogen-bond acceptors (Lipinski definition) is 4. The van der Waals surface area contributed by atoms with Gasteiger partial charge in [0.25, 0.3) is 0 Å². The van der Waals surface area contributed by atoms with E-state index in [4.69, 9.17) is 0 Å². The number of hydrogen-bond donors (Lipinski definition) is 3. The third-order valence-corrected chi connectivity index (χ3v) is 4.75. The van der Waals surface area contributed by atoms with Gasteiger partial charge in [0, 0.05) is 5.69 Å². The minimum absolute atomic E-state index is 0. The van der Waals surface area contributed by atoms with E-state index in [2.05, 4.69) is 15.4 Å². The van der Waals surface area contributed by atoms with E-state index in [1.807, 2.05) is 6.92 Å². The molecule has 0 bridgehead atoms. The van der Waals surface area contributed by atoms with Crippen LogP contribution in [0.5, 0.6) is 0 Å². The number of rotatable bonds is 6. The van der Waals surface area contributed by atoms with E-state index in [1.54, 1.807) is 24.3 Å². The maximum absolute atomic E-state index is 12.0. The summed E-state index contributed by atoms with van der Waals surface area (Å²) in [4.78, 5) is 12.0. The smallest absolute Gasteiger partial charge is 0.241 e. The van der Waals surface area contributed by atoms with Gasteiger partial charge in [-0.3, -0.25) is 9.52 Å². The average Bonchev–Trinajstić information content (AvgIpc) is 2.92. The molecule has 1 atom stereocenters. The van der Waals surface area contributed by atoms with Crippen molar-refractivity contribution in [1.82, 2.24) is 5.32 Å². The summed E-state index contributed by atoms with van der Waals surface area (Å²) in [5, 5.41) is 5.93. The van der Waals surface area contributed by atoms with Gasteiger partial charge in [-0.2, -0.15) is 0 Å². The molecule has 1 unspecified atom stereocenters. The number of sulfonamides is 1. The summed E-state index contributed by atoms with van der Waals surface area (Å²) in [7, 11) is -3.32. The van der Waals surface area contributed by atoms with Crippen LogP contribution >= 0.6 is 12.4 Å². The maximum Gasteiger partial charge on any atom is 0.241 e. The van der Waals surface area contributed by atoms with Crippen molar-refractivity contribution in [3.8, 4) is 0 Å². The Hall–Kier alpha value is -1.31. The lowest BCUT2D eigenvalue weighted by molar-refractivity contribution is -0.117. The van der Waals surface area contributed by atoms with Crippen molar-refractivity contribution in [2.24, 2.45) is 0 Å². The fourth-order valence-electron chi connectivity index (χ4n) is 2.30. The predicted octanol–water partition coefficient (Wildman–Crippen LogP) is 1.95. The first-order valence-corrected chi connectivity index (χ1v) is 8.80. The largest absolute Gasteiger partial charge is 0.325 e.